The average Bonchev–Trinajstić information content (AvgIpc) is 2.16. The highest BCUT2D eigenvalue weighted by molar-refractivity contribution is 5.95. The molecule has 0 saturated carbocycles. The molecule has 1 amide bonds. The molecule has 0 aliphatic heterocycles. The first kappa shape index (κ1) is 9.81. The van der Waals surface area contributed by atoms with Gasteiger partial charge in [0.1, 0.15) is 5.75 Å². The van der Waals surface area contributed by atoms with Gasteiger partial charge in [0.2, 0.25) is 0 Å². The molecule has 0 fully saturated rings. The van der Waals surface area contributed by atoms with Gasteiger partial charge in [0, 0.05) is 5.56 Å². The van der Waals surface area contributed by atoms with Crippen LogP contribution in [0.1, 0.15) is 15.9 Å². The lowest BCUT2D eigenvalue weighted by atomic mass is 10.1. The number of carbonyl (C=O) groups is 2. The van der Waals surface area contributed by atoms with Gasteiger partial charge in [-0.2, -0.15) is 0 Å². The summed E-state index contributed by atoms with van der Waals surface area (Å²) in [6.45, 7) is 0. The third-order valence-electron chi connectivity index (χ3n) is 1.54. The summed E-state index contributed by atoms with van der Waals surface area (Å²) < 4.78 is 0. The van der Waals surface area contributed by atoms with E-state index in [0.717, 1.165) is 0 Å². The maximum atomic E-state index is 10.8. The van der Waals surface area contributed by atoms with Crippen LogP contribution >= 0.6 is 0 Å². The van der Waals surface area contributed by atoms with Crippen LogP contribution in [0.3, 0.4) is 0 Å². The maximum Gasteiger partial charge on any atom is 0.252 e. The molecule has 3 N–H and O–H groups in total. The van der Waals surface area contributed by atoms with Crippen molar-refractivity contribution in [3.63, 3.8) is 0 Å². The summed E-state index contributed by atoms with van der Waals surface area (Å²) in [6.07, 6.45) is 0.441. The Bertz CT molecular complexity index is 440. The van der Waals surface area contributed by atoms with Crippen molar-refractivity contribution in [3.05, 3.63) is 29.3 Å². The Kier molecular flexibility index (Phi) is 2.87. The van der Waals surface area contributed by atoms with Crippen molar-refractivity contribution < 1.29 is 14.7 Å². The summed E-state index contributed by atoms with van der Waals surface area (Å²) in [5.74, 6) is 3.73. The molecular formula is C10H7NO3. The molecule has 0 aromatic heterocycles. The number of nitrogens with two attached hydrogens (primary N) is 1. The second-order valence-electron chi connectivity index (χ2n) is 2.48. The summed E-state index contributed by atoms with van der Waals surface area (Å²) in [4.78, 5) is 20.7. The fourth-order valence-corrected chi connectivity index (χ4v) is 0.924. The molecule has 0 aliphatic rings. The zero-order chi connectivity index (χ0) is 10.6. The van der Waals surface area contributed by atoms with Gasteiger partial charge in [0.25, 0.3) is 5.91 Å². The molecule has 14 heavy (non-hydrogen) atoms. The minimum Gasteiger partial charge on any atom is -0.507 e. The summed E-state index contributed by atoms with van der Waals surface area (Å²) in [5, 5.41) is 9.21. The SMILES string of the molecule is NC(=O)c1cc(C#CC=O)ccc1O. The molecular weight excluding hydrogens is 182 g/mol. The molecule has 0 atom stereocenters. The van der Waals surface area contributed by atoms with Crippen LogP contribution in [0.5, 0.6) is 5.75 Å². The van der Waals surface area contributed by atoms with Gasteiger partial charge in [0.15, 0.2) is 6.29 Å². The normalized spacial score (nSPS) is 8.57. The van der Waals surface area contributed by atoms with Gasteiger partial charge in [0.05, 0.1) is 5.56 Å². The van der Waals surface area contributed by atoms with Crippen LogP contribution in [0.25, 0.3) is 0 Å². The van der Waals surface area contributed by atoms with Crippen LogP contribution in [-0.4, -0.2) is 17.3 Å². The fourth-order valence-electron chi connectivity index (χ4n) is 0.924. The quantitative estimate of drug-likeness (QED) is 0.483. The number of aldehydes is 1. The predicted molar refractivity (Wildman–Crippen MR) is 49.6 cm³/mol. The number of phenols is 1. The van der Waals surface area contributed by atoms with Crippen LogP contribution in [0.15, 0.2) is 18.2 Å². The van der Waals surface area contributed by atoms with Gasteiger partial charge in [-0.05, 0) is 24.1 Å². The van der Waals surface area contributed by atoms with Gasteiger partial charge in [-0.15, -0.1) is 0 Å². The minimum atomic E-state index is -0.739. The zero-order valence-corrected chi connectivity index (χ0v) is 7.15. The Morgan fingerprint density at radius 1 is 1.50 bits per heavy atom. The first-order valence-corrected chi connectivity index (χ1v) is 3.73. The molecule has 0 bridgehead atoms. The predicted octanol–water partition coefficient (Wildman–Crippen LogP) is 0.0415. The summed E-state index contributed by atoms with van der Waals surface area (Å²) in [6, 6.07) is 4.11. The molecule has 4 heteroatoms. The monoisotopic (exact) mass is 189 g/mol. The molecule has 1 aromatic rings. The van der Waals surface area contributed by atoms with E-state index in [-0.39, 0.29) is 11.3 Å². The Hall–Kier alpha value is -2.28. The summed E-state index contributed by atoms with van der Waals surface area (Å²) in [5.41, 5.74) is 5.43. The first-order valence-electron chi connectivity index (χ1n) is 3.73. The van der Waals surface area contributed by atoms with Crippen LogP contribution < -0.4 is 5.73 Å². The lowest BCUT2D eigenvalue weighted by Gasteiger charge is -1.99. The number of hydrogen-bond donors (Lipinski definition) is 2. The van der Waals surface area contributed by atoms with Crippen molar-refractivity contribution in [2.24, 2.45) is 5.73 Å². The van der Waals surface area contributed by atoms with E-state index in [9.17, 15) is 14.7 Å². The topological polar surface area (TPSA) is 80.4 Å². The molecule has 70 valence electrons. The molecule has 0 saturated heterocycles. The Labute approximate surface area is 80.3 Å². The van der Waals surface area contributed by atoms with E-state index < -0.39 is 5.91 Å². The van der Waals surface area contributed by atoms with Crippen molar-refractivity contribution in [3.8, 4) is 17.6 Å². The second-order valence-corrected chi connectivity index (χ2v) is 2.48. The summed E-state index contributed by atoms with van der Waals surface area (Å²) >= 11 is 0. The van der Waals surface area contributed by atoms with Crippen molar-refractivity contribution in [1.29, 1.82) is 0 Å². The Morgan fingerprint density at radius 3 is 2.79 bits per heavy atom. The third-order valence-corrected chi connectivity index (χ3v) is 1.54. The standard InChI is InChI=1S/C10H7NO3/c11-10(14)8-6-7(2-1-5-12)3-4-9(8)13/h3-6,13H,(H2,11,14). The molecule has 0 aliphatic carbocycles. The van der Waals surface area contributed by atoms with Crippen molar-refractivity contribution >= 4 is 12.2 Å². The molecule has 0 radical (unpaired) electrons. The molecule has 0 unspecified atom stereocenters. The van der Waals surface area contributed by atoms with Crippen molar-refractivity contribution in [2.75, 3.05) is 0 Å². The number of amides is 1. The van der Waals surface area contributed by atoms with Gasteiger partial charge >= 0.3 is 0 Å². The minimum absolute atomic E-state index is 0.0114. The molecule has 4 nitrogen and oxygen atoms in total. The highest BCUT2D eigenvalue weighted by atomic mass is 16.3. The number of rotatable bonds is 1. The number of carbonyl (C=O) groups excluding carboxylic acids is 2. The van der Waals surface area contributed by atoms with E-state index in [1.165, 1.54) is 18.2 Å². The molecule has 1 aromatic carbocycles. The van der Waals surface area contributed by atoms with E-state index >= 15 is 0 Å². The van der Waals surface area contributed by atoms with E-state index in [1.54, 1.807) is 0 Å². The number of hydrogen-bond acceptors (Lipinski definition) is 3. The van der Waals surface area contributed by atoms with E-state index in [4.69, 9.17) is 5.73 Å². The van der Waals surface area contributed by atoms with Crippen LogP contribution in [0, 0.1) is 11.8 Å². The van der Waals surface area contributed by atoms with Crippen LogP contribution in [0.4, 0.5) is 0 Å². The lowest BCUT2D eigenvalue weighted by Crippen LogP contribution is -2.11. The number of aromatic hydroxyl groups is 1. The number of primary amides is 1. The van der Waals surface area contributed by atoms with E-state index in [1.807, 2.05) is 0 Å². The van der Waals surface area contributed by atoms with Gasteiger partial charge in [-0.25, -0.2) is 0 Å². The van der Waals surface area contributed by atoms with Crippen molar-refractivity contribution in [1.82, 2.24) is 0 Å². The Balaban J connectivity index is 3.19. The third kappa shape index (κ3) is 2.11. The molecule has 0 spiro atoms. The fraction of sp³-hybridized carbons (Fsp3) is 0. The smallest absolute Gasteiger partial charge is 0.252 e. The van der Waals surface area contributed by atoms with Crippen molar-refractivity contribution in [2.45, 2.75) is 0 Å². The highest BCUT2D eigenvalue weighted by Crippen LogP contribution is 2.17. The largest absolute Gasteiger partial charge is 0.507 e. The Morgan fingerprint density at radius 2 is 2.21 bits per heavy atom. The highest BCUT2D eigenvalue weighted by Gasteiger charge is 2.06. The molecule has 1 rings (SSSR count). The zero-order valence-electron chi connectivity index (χ0n) is 7.15. The van der Waals surface area contributed by atoms with Gasteiger partial charge in [-0.3, -0.25) is 9.59 Å². The van der Waals surface area contributed by atoms with Gasteiger partial charge < -0.3 is 10.8 Å². The van der Waals surface area contributed by atoms with Crippen LogP contribution in [-0.2, 0) is 4.79 Å². The maximum absolute atomic E-state index is 10.8. The van der Waals surface area contributed by atoms with Gasteiger partial charge in [-0.1, -0.05) is 5.92 Å². The average molecular weight is 189 g/mol. The summed E-state index contributed by atoms with van der Waals surface area (Å²) in [7, 11) is 0. The van der Waals surface area contributed by atoms with E-state index in [0.29, 0.717) is 11.8 Å². The van der Waals surface area contributed by atoms with Crippen LogP contribution in [0.2, 0.25) is 0 Å². The number of benzene rings is 1. The lowest BCUT2D eigenvalue weighted by molar-refractivity contribution is -0.103. The van der Waals surface area contributed by atoms with E-state index in [2.05, 4.69) is 11.8 Å². The molecule has 0 heterocycles. The first-order chi connectivity index (χ1) is 6.65. The second kappa shape index (κ2) is 4.10.